The van der Waals surface area contributed by atoms with Crippen molar-refractivity contribution in [2.24, 2.45) is 5.73 Å². The van der Waals surface area contributed by atoms with Crippen LogP contribution in [-0.2, 0) is 6.54 Å². The van der Waals surface area contributed by atoms with Crippen LogP contribution in [0, 0.1) is 0 Å². The molecule has 0 spiro atoms. The summed E-state index contributed by atoms with van der Waals surface area (Å²) in [6.07, 6.45) is 0. The molecule has 0 saturated carbocycles. The topological polar surface area (TPSA) is 62.5 Å². The van der Waals surface area contributed by atoms with Gasteiger partial charge in [-0.2, -0.15) is 0 Å². The zero-order valence-corrected chi connectivity index (χ0v) is 13.5. The van der Waals surface area contributed by atoms with Gasteiger partial charge < -0.3 is 10.6 Å². The van der Waals surface area contributed by atoms with Gasteiger partial charge in [-0.3, -0.25) is 9.69 Å². The van der Waals surface area contributed by atoms with E-state index in [1.165, 1.54) is 5.56 Å². The molecule has 2 heterocycles. The van der Waals surface area contributed by atoms with Gasteiger partial charge in [-0.1, -0.05) is 29.8 Å². The van der Waals surface area contributed by atoms with Gasteiger partial charge in [-0.15, -0.1) is 0 Å². The van der Waals surface area contributed by atoms with Crippen LogP contribution in [0.4, 0.5) is 5.82 Å². The number of hydrogen-bond donors (Lipinski definition) is 1. The van der Waals surface area contributed by atoms with Crippen LogP contribution in [0.5, 0.6) is 0 Å². The van der Waals surface area contributed by atoms with E-state index < -0.39 is 5.91 Å². The maximum absolute atomic E-state index is 11.2. The second-order valence-electron chi connectivity index (χ2n) is 5.64. The third-order valence-corrected chi connectivity index (χ3v) is 4.21. The molecule has 0 aliphatic carbocycles. The van der Waals surface area contributed by atoms with Crippen molar-refractivity contribution in [3.05, 3.63) is 58.7 Å². The van der Waals surface area contributed by atoms with E-state index in [1.807, 2.05) is 30.3 Å². The van der Waals surface area contributed by atoms with Crippen molar-refractivity contribution in [2.45, 2.75) is 6.54 Å². The van der Waals surface area contributed by atoms with Gasteiger partial charge in [0.1, 0.15) is 11.5 Å². The molecule has 1 amide bonds. The highest BCUT2D eigenvalue weighted by atomic mass is 35.5. The molecule has 0 radical (unpaired) electrons. The summed E-state index contributed by atoms with van der Waals surface area (Å²) >= 11 is 6.03. The fourth-order valence-electron chi connectivity index (χ4n) is 2.77. The Morgan fingerprint density at radius 3 is 2.57 bits per heavy atom. The number of carbonyl (C=O) groups is 1. The van der Waals surface area contributed by atoms with Gasteiger partial charge in [0, 0.05) is 37.7 Å². The lowest BCUT2D eigenvalue weighted by Crippen LogP contribution is -2.46. The van der Waals surface area contributed by atoms with Crippen molar-refractivity contribution in [3.8, 4) is 0 Å². The number of rotatable bonds is 4. The normalized spacial score (nSPS) is 15.6. The SMILES string of the molecule is NC(=O)c1cccc(N2CCN(Cc3cccc(Cl)c3)CC2)n1. The van der Waals surface area contributed by atoms with E-state index in [-0.39, 0.29) is 0 Å². The number of nitrogens with two attached hydrogens (primary N) is 1. The molecule has 1 saturated heterocycles. The molecular weight excluding hydrogens is 312 g/mol. The molecule has 3 rings (SSSR count). The molecule has 5 nitrogen and oxygen atoms in total. The minimum absolute atomic E-state index is 0.309. The van der Waals surface area contributed by atoms with E-state index in [0.29, 0.717) is 5.69 Å². The smallest absolute Gasteiger partial charge is 0.267 e. The van der Waals surface area contributed by atoms with Crippen LogP contribution in [0.25, 0.3) is 0 Å². The first-order valence-electron chi connectivity index (χ1n) is 7.60. The Labute approximate surface area is 140 Å². The molecular formula is C17H19ClN4O. The Hall–Kier alpha value is -2.11. The molecule has 120 valence electrons. The molecule has 0 unspecified atom stereocenters. The monoisotopic (exact) mass is 330 g/mol. The Morgan fingerprint density at radius 2 is 1.87 bits per heavy atom. The van der Waals surface area contributed by atoms with Crippen LogP contribution in [0.3, 0.4) is 0 Å². The standard InChI is InChI=1S/C17H19ClN4O/c18-14-4-1-3-13(11-14)12-21-7-9-22(10-8-21)16-6-2-5-15(20-16)17(19)23/h1-6,11H,7-10,12H2,(H2,19,23). The number of halogens is 1. The summed E-state index contributed by atoms with van der Waals surface area (Å²) in [5.74, 6) is 0.315. The van der Waals surface area contributed by atoms with E-state index >= 15 is 0 Å². The molecule has 1 aromatic heterocycles. The van der Waals surface area contributed by atoms with Crippen LogP contribution >= 0.6 is 11.6 Å². The zero-order valence-electron chi connectivity index (χ0n) is 12.8. The van der Waals surface area contributed by atoms with Crippen molar-refractivity contribution in [2.75, 3.05) is 31.1 Å². The second-order valence-corrected chi connectivity index (χ2v) is 6.07. The number of primary amides is 1. The van der Waals surface area contributed by atoms with Crippen LogP contribution in [-0.4, -0.2) is 42.0 Å². The lowest BCUT2D eigenvalue weighted by atomic mass is 10.2. The number of piperazine rings is 1. The number of hydrogen-bond acceptors (Lipinski definition) is 4. The molecule has 1 aliphatic rings. The minimum Gasteiger partial charge on any atom is -0.364 e. The number of benzene rings is 1. The van der Waals surface area contributed by atoms with Gasteiger partial charge in [0.15, 0.2) is 0 Å². The third kappa shape index (κ3) is 4.00. The van der Waals surface area contributed by atoms with Crippen molar-refractivity contribution >= 4 is 23.3 Å². The highest BCUT2D eigenvalue weighted by Gasteiger charge is 2.18. The van der Waals surface area contributed by atoms with Gasteiger partial charge in [-0.25, -0.2) is 4.98 Å². The maximum atomic E-state index is 11.2. The lowest BCUT2D eigenvalue weighted by Gasteiger charge is -2.35. The number of anilines is 1. The van der Waals surface area contributed by atoms with Gasteiger partial charge >= 0.3 is 0 Å². The van der Waals surface area contributed by atoms with Gasteiger partial charge in [-0.05, 0) is 29.8 Å². The van der Waals surface area contributed by atoms with Crippen molar-refractivity contribution < 1.29 is 4.79 Å². The highest BCUT2D eigenvalue weighted by molar-refractivity contribution is 6.30. The van der Waals surface area contributed by atoms with E-state index in [0.717, 1.165) is 43.6 Å². The summed E-state index contributed by atoms with van der Waals surface area (Å²) in [5, 5.41) is 0.772. The van der Waals surface area contributed by atoms with E-state index in [1.54, 1.807) is 6.07 Å². The Balaban J connectivity index is 1.60. The molecule has 6 heteroatoms. The summed E-state index contributed by atoms with van der Waals surface area (Å²) in [6, 6.07) is 13.3. The highest BCUT2D eigenvalue weighted by Crippen LogP contribution is 2.17. The van der Waals surface area contributed by atoms with Crippen molar-refractivity contribution in [1.82, 2.24) is 9.88 Å². The van der Waals surface area contributed by atoms with Crippen molar-refractivity contribution in [1.29, 1.82) is 0 Å². The Kier molecular flexibility index (Phi) is 4.79. The number of nitrogens with zero attached hydrogens (tertiary/aromatic N) is 3. The van der Waals surface area contributed by atoms with Crippen molar-refractivity contribution in [3.63, 3.8) is 0 Å². The van der Waals surface area contributed by atoms with Gasteiger partial charge in [0.25, 0.3) is 5.91 Å². The summed E-state index contributed by atoms with van der Waals surface area (Å²) in [5.41, 5.74) is 6.82. The first kappa shape index (κ1) is 15.8. The first-order chi connectivity index (χ1) is 11.1. The fraction of sp³-hybridized carbons (Fsp3) is 0.294. The molecule has 1 aromatic carbocycles. The fourth-order valence-corrected chi connectivity index (χ4v) is 2.98. The first-order valence-corrected chi connectivity index (χ1v) is 7.98. The molecule has 1 fully saturated rings. The van der Waals surface area contributed by atoms with E-state index in [9.17, 15) is 4.79 Å². The van der Waals surface area contributed by atoms with Crippen LogP contribution in [0.1, 0.15) is 16.1 Å². The average Bonchev–Trinajstić information content (AvgIpc) is 2.56. The molecule has 0 atom stereocenters. The predicted molar refractivity (Wildman–Crippen MR) is 91.7 cm³/mol. The third-order valence-electron chi connectivity index (χ3n) is 3.98. The number of pyridine rings is 1. The van der Waals surface area contributed by atoms with Gasteiger partial charge in [0.2, 0.25) is 0 Å². The van der Waals surface area contributed by atoms with E-state index in [2.05, 4.69) is 20.9 Å². The molecule has 0 bridgehead atoms. The second kappa shape index (κ2) is 6.98. The number of amides is 1. The zero-order chi connectivity index (χ0) is 16.2. The van der Waals surface area contributed by atoms with Crippen LogP contribution in [0.2, 0.25) is 5.02 Å². The summed E-state index contributed by atoms with van der Waals surface area (Å²) in [7, 11) is 0. The summed E-state index contributed by atoms with van der Waals surface area (Å²) in [6.45, 7) is 4.51. The molecule has 1 aliphatic heterocycles. The lowest BCUT2D eigenvalue weighted by molar-refractivity contribution is 0.0995. The van der Waals surface area contributed by atoms with Crippen LogP contribution in [0.15, 0.2) is 42.5 Å². The molecule has 2 aromatic rings. The number of aromatic nitrogens is 1. The predicted octanol–water partition coefficient (Wildman–Crippen LogP) is 2.16. The molecule has 23 heavy (non-hydrogen) atoms. The van der Waals surface area contributed by atoms with Gasteiger partial charge in [0.05, 0.1) is 0 Å². The summed E-state index contributed by atoms with van der Waals surface area (Å²) in [4.78, 5) is 20.1. The maximum Gasteiger partial charge on any atom is 0.267 e. The van der Waals surface area contributed by atoms with E-state index in [4.69, 9.17) is 17.3 Å². The Morgan fingerprint density at radius 1 is 1.13 bits per heavy atom. The number of carbonyl (C=O) groups excluding carboxylic acids is 1. The van der Waals surface area contributed by atoms with Crippen LogP contribution < -0.4 is 10.6 Å². The largest absolute Gasteiger partial charge is 0.364 e. The minimum atomic E-state index is -0.494. The molecule has 2 N–H and O–H groups in total. The average molecular weight is 331 g/mol. The Bertz CT molecular complexity index is 698. The summed E-state index contributed by atoms with van der Waals surface area (Å²) < 4.78 is 0. The quantitative estimate of drug-likeness (QED) is 0.933.